The zero-order valence-corrected chi connectivity index (χ0v) is 13.9. The molecule has 0 bridgehead atoms. The fourth-order valence-corrected chi connectivity index (χ4v) is 2.87. The van der Waals surface area contributed by atoms with Gasteiger partial charge in [0.2, 0.25) is 5.82 Å². The van der Waals surface area contributed by atoms with Crippen LogP contribution in [0.2, 0.25) is 0 Å². The third-order valence-corrected chi connectivity index (χ3v) is 4.23. The van der Waals surface area contributed by atoms with Gasteiger partial charge in [-0.2, -0.15) is 11.8 Å². The Labute approximate surface area is 139 Å². The first-order valence-corrected chi connectivity index (χ1v) is 8.94. The minimum atomic E-state index is -0.137. The minimum Gasteiger partial charge on any atom is -0.461 e. The molecule has 0 aliphatic rings. The summed E-state index contributed by atoms with van der Waals surface area (Å²) in [5.41, 5.74) is 7.50. The lowest BCUT2D eigenvalue weighted by Gasteiger charge is -2.12. The molecule has 0 fully saturated rings. The molecule has 0 amide bonds. The number of nitrogens with two attached hydrogens (primary N) is 1. The van der Waals surface area contributed by atoms with Crippen LogP contribution < -0.4 is 5.73 Å². The number of hydrogen-bond donors (Lipinski definition) is 1. The van der Waals surface area contributed by atoms with E-state index >= 15 is 0 Å². The second-order valence-corrected chi connectivity index (χ2v) is 6.29. The van der Waals surface area contributed by atoms with Crippen LogP contribution in [-0.4, -0.2) is 26.8 Å². The summed E-state index contributed by atoms with van der Waals surface area (Å²) >= 11 is 1.78. The van der Waals surface area contributed by atoms with Gasteiger partial charge in [0, 0.05) is 0 Å². The van der Waals surface area contributed by atoms with Crippen LogP contribution in [0.3, 0.4) is 0 Å². The van der Waals surface area contributed by atoms with Crippen molar-refractivity contribution in [3.63, 3.8) is 0 Å². The van der Waals surface area contributed by atoms with Crippen LogP contribution >= 0.6 is 11.8 Å². The molecular formula is C17H20N4OS. The van der Waals surface area contributed by atoms with Crippen molar-refractivity contribution in [1.82, 2.24) is 14.8 Å². The van der Waals surface area contributed by atoms with Gasteiger partial charge in [0.05, 0.1) is 18.8 Å². The van der Waals surface area contributed by atoms with E-state index in [2.05, 4.69) is 28.5 Å². The van der Waals surface area contributed by atoms with Gasteiger partial charge in [0.1, 0.15) is 5.82 Å². The van der Waals surface area contributed by atoms with E-state index in [1.165, 1.54) is 5.56 Å². The molecule has 2 aromatic heterocycles. The lowest BCUT2D eigenvalue weighted by molar-refractivity contribution is 0.561. The Kier molecular flexibility index (Phi) is 5.15. The molecule has 0 radical (unpaired) electrons. The number of rotatable bonds is 7. The zero-order chi connectivity index (χ0) is 16.1. The van der Waals surface area contributed by atoms with Crippen molar-refractivity contribution in [3.05, 3.63) is 60.1 Å². The monoisotopic (exact) mass is 328 g/mol. The van der Waals surface area contributed by atoms with Gasteiger partial charge in [0.25, 0.3) is 0 Å². The minimum absolute atomic E-state index is 0.137. The largest absolute Gasteiger partial charge is 0.461 e. The lowest BCUT2D eigenvalue weighted by Crippen LogP contribution is -2.18. The molecule has 3 aromatic rings. The number of hydrogen-bond acceptors (Lipinski definition) is 5. The maximum absolute atomic E-state index is 6.33. The Morgan fingerprint density at radius 3 is 2.74 bits per heavy atom. The van der Waals surface area contributed by atoms with Crippen molar-refractivity contribution < 1.29 is 4.42 Å². The first-order valence-electron chi connectivity index (χ1n) is 7.55. The second-order valence-electron chi connectivity index (χ2n) is 5.30. The molecule has 2 N–H and O–H groups in total. The highest BCUT2D eigenvalue weighted by atomic mass is 32.2. The highest BCUT2D eigenvalue weighted by Crippen LogP contribution is 2.21. The maximum atomic E-state index is 6.33. The summed E-state index contributed by atoms with van der Waals surface area (Å²) in [6, 6.07) is 13.8. The average Bonchev–Trinajstić information content (AvgIpc) is 3.23. The van der Waals surface area contributed by atoms with E-state index in [4.69, 9.17) is 10.2 Å². The molecule has 6 heteroatoms. The molecule has 0 aliphatic carbocycles. The first kappa shape index (κ1) is 15.8. The molecule has 5 nitrogen and oxygen atoms in total. The van der Waals surface area contributed by atoms with Crippen LogP contribution in [0.4, 0.5) is 0 Å². The quantitative estimate of drug-likeness (QED) is 0.720. The molecule has 0 spiro atoms. The second kappa shape index (κ2) is 7.48. The molecule has 2 heterocycles. The zero-order valence-electron chi connectivity index (χ0n) is 13.1. The molecule has 0 aliphatic heterocycles. The van der Waals surface area contributed by atoms with Crippen molar-refractivity contribution in [2.45, 2.75) is 19.0 Å². The van der Waals surface area contributed by atoms with Gasteiger partial charge in [-0.25, -0.2) is 9.67 Å². The van der Waals surface area contributed by atoms with E-state index in [0.717, 1.165) is 18.0 Å². The van der Waals surface area contributed by atoms with Crippen molar-refractivity contribution in [2.75, 3.05) is 12.0 Å². The maximum Gasteiger partial charge on any atom is 0.217 e. The summed E-state index contributed by atoms with van der Waals surface area (Å²) in [6.07, 6.45) is 4.57. The molecule has 0 unspecified atom stereocenters. The van der Waals surface area contributed by atoms with Gasteiger partial charge in [-0.05, 0) is 36.1 Å². The Hall–Kier alpha value is -2.05. The third-order valence-electron chi connectivity index (χ3n) is 3.58. The normalized spacial score (nSPS) is 12.4. The highest BCUT2D eigenvalue weighted by molar-refractivity contribution is 7.98. The smallest absolute Gasteiger partial charge is 0.217 e. The highest BCUT2D eigenvalue weighted by Gasteiger charge is 2.19. The van der Waals surface area contributed by atoms with E-state index < -0.39 is 0 Å². The molecule has 0 saturated heterocycles. The van der Waals surface area contributed by atoms with Crippen LogP contribution in [0.15, 0.2) is 53.1 Å². The van der Waals surface area contributed by atoms with Crippen molar-refractivity contribution in [3.8, 4) is 11.6 Å². The van der Waals surface area contributed by atoms with Crippen LogP contribution in [-0.2, 0) is 6.54 Å². The van der Waals surface area contributed by atoms with Gasteiger partial charge in [-0.3, -0.25) is 0 Å². The number of aromatic nitrogens is 3. The fraction of sp³-hybridized carbons (Fsp3) is 0.294. The molecule has 120 valence electrons. The van der Waals surface area contributed by atoms with Gasteiger partial charge in [0.15, 0.2) is 5.76 Å². The van der Waals surface area contributed by atoms with Gasteiger partial charge in [-0.15, -0.1) is 5.10 Å². The van der Waals surface area contributed by atoms with Crippen molar-refractivity contribution in [1.29, 1.82) is 0 Å². The first-order chi connectivity index (χ1) is 11.3. The topological polar surface area (TPSA) is 69.9 Å². The Morgan fingerprint density at radius 2 is 2.04 bits per heavy atom. The summed E-state index contributed by atoms with van der Waals surface area (Å²) < 4.78 is 7.30. The van der Waals surface area contributed by atoms with E-state index in [1.807, 2.05) is 35.0 Å². The Morgan fingerprint density at radius 1 is 1.22 bits per heavy atom. The molecule has 1 atom stereocenters. The van der Waals surface area contributed by atoms with Gasteiger partial charge in [-0.1, -0.05) is 30.3 Å². The van der Waals surface area contributed by atoms with Crippen molar-refractivity contribution >= 4 is 11.8 Å². The molecular weight excluding hydrogens is 308 g/mol. The average molecular weight is 328 g/mol. The lowest BCUT2D eigenvalue weighted by atomic mass is 10.2. The summed E-state index contributed by atoms with van der Waals surface area (Å²) in [4.78, 5) is 4.63. The molecule has 1 aromatic carbocycles. The molecule has 23 heavy (non-hydrogen) atoms. The Balaban J connectivity index is 1.91. The van der Waals surface area contributed by atoms with Crippen LogP contribution in [0.5, 0.6) is 0 Å². The summed E-state index contributed by atoms with van der Waals surface area (Å²) in [6.45, 7) is 0.650. The predicted molar refractivity (Wildman–Crippen MR) is 93.2 cm³/mol. The van der Waals surface area contributed by atoms with E-state index in [0.29, 0.717) is 18.1 Å². The van der Waals surface area contributed by atoms with Crippen LogP contribution in [0.1, 0.15) is 23.9 Å². The Bertz CT molecular complexity index is 724. The fourth-order valence-electron chi connectivity index (χ4n) is 2.39. The van der Waals surface area contributed by atoms with Crippen LogP contribution in [0, 0.1) is 0 Å². The number of benzene rings is 1. The van der Waals surface area contributed by atoms with Gasteiger partial charge < -0.3 is 10.2 Å². The summed E-state index contributed by atoms with van der Waals surface area (Å²) in [5, 5.41) is 4.60. The predicted octanol–water partition coefficient (Wildman–Crippen LogP) is 3.34. The summed E-state index contributed by atoms with van der Waals surface area (Å²) in [5.74, 6) is 3.04. The number of nitrogens with zero attached hydrogens (tertiary/aromatic N) is 3. The van der Waals surface area contributed by atoms with Gasteiger partial charge >= 0.3 is 0 Å². The third kappa shape index (κ3) is 3.83. The standard InChI is InChI=1S/C17H20N4OS/c1-23-11-9-14(18)17-19-16(15-8-5-10-22-15)20-21(17)12-13-6-3-2-4-7-13/h2-8,10,14H,9,11-12,18H2,1H3/t14-/m0/s1. The number of thioether (sulfide) groups is 1. The van der Waals surface area contributed by atoms with Crippen LogP contribution in [0.25, 0.3) is 11.6 Å². The van der Waals surface area contributed by atoms with E-state index in [1.54, 1.807) is 18.0 Å². The number of furan rings is 1. The van der Waals surface area contributed by atoms with E-state index in [9.17, 15) is 0 Å². The molecule has 3 rings (SSSR count). The SMILES string of the molecule is CSCC[C@H](N)c1nc(-c2ccco2)nn1Cc1ccccc1. The van der Waals surface area contributed by atoms with Crippen molar-refractivity contribution in [2.24, 2.45) is 5.73 Å². The van der Waals surface area contributed by atoms with E-state index in [-0.39, 0.29) is 6.04 Å². The molecule has 0 saturated carbocycles. The summed E-state index contributed by atoms with van der Waals surface area (Å²) in [7, 11) is 0.